The summed E-state index contributed by atoms with van der Waals surface area (Å²) in [5.74, 6) is 1.04. The van der Waals surface area contributed by atoms with Crippen molar-refractivity contribution in [3.05, 3.63) is 51.8 Å². The fourth-order valence-electron chi connectivity index (χ4n) is 2.17. The summed E-state index contributed by atoms with van der Waals surface area (Å²) >= 11 is 1.47. The van der Waals surface area contributed by atoms with E-state index in [9.17, 15) is 4.79 Å². The molecule has 0 spiro atoms. The summed E-state index contributed by atoms with van der Waals surface area (Å²) in [4.78, 5) is 17.1. The molecule has 0 fully saturated rings. The maximum absolute atomic E-state index is 12.0. The highest BCUT2D eigenvalue weighted by Crippen LogP contribution is 2.33. The monoisotopic (exact) mass is 329 g/mol. The number of benzene rings is 1. The van der Waals surface area contributed by atoms with E-state index in [2.05, 4.69) is 4.99 Å². The average Bonchev–Trinajstić information content (AvgIpc) is 3.19. The van der Waals surface area contributed by atoms with Gasteiger partial charge < -0.3 is 14.2 Å². The van der Waals surface area contributed by atoms with Crippen molar-refractivity contribution in [3.8, 4) is 11.5 Å². The second-order valence-electron chi connectivity index (χ2n) is 4.62. The van der Waals surface area contributed by atoms with Gasteiger partial charge in [-0.15, -0.1) is 11.3 Å². The summed E-state index contributed by atoms with van der Waals surface area (Å²) in [6.07, 6.45) is 1.65. The number of hydrogen-bond donors (Lipinski definition) is 0. The summed E-state index contributed by atoms with van der Waals surface area (Å²) in [7, 11) is 1.58. The van der Waals surface area contributed by atoms with Gasteiger partial charge >= 0.3 is 5.97 Å². The lowest BCUT2D eigenvalue weighted by molar-refractivity contribution is -0.129. The number of methoxy groups -OCH3 is 1. The van der Waals surface area contributed by atoms with Gasteiger partial charge in [0.25, 0.3) is 0 Å². The van der Waals surface area contributed by atoms with E-state index in [0.29, 0.717) is 29.6 Å². The molecule has 3 rings (SSSR count). The van der Waals surface area contributed by atoms with Crippen molar-refractivity contribution in [1.29, 1.82) is 0 Å². The summed E-state index contributed by atoms with van der Waals surface area (Å²) in [5, 5.41) is 1.91. The van der Waals surface area contributed by atoms with Gasteiger partial charge in [0.2, 0.25) is 5.90 Å². The van der Waals surface area contributed by atoms with Crippen molar-refractivity contribution in [1.82, 2.24) is 0 Å². The zero-order chi connectivity index (χ0) is 16.2. The molecular weight excluding hydrogens is 314 g/mol. The highest BCUT2D eigenvalue weighted by molar-refractivity contribution is 7.12. The first-order valence-electron chi connectivity index (χ1n) is 7.09. The van der Waals surface area contributed by atoms with E-state index in [0.717, 1.165) is 4.88 Å². The van der Waals surface area contributed by atoms with Crippen molar-refractivity contribution in [2.75, 3.05) is 13.7 Å². The Morgan fingerprint density at radius 2 is 2.17 bits per heavy atom. The Labute approximate surface area is 137 Å². The van der Waals surface area contributed by atoms with E-state index in [-0.39, 0.29) is 5.70 Å². The van der Waals surface area contributed by atoms with E-state index in [1.807, 2.05) is 36.6 Å². The molecule has 1 aliphatic heterocycles. The topological polar surface area (TPSA) is 57.1 Å². The van der Waals surface area contributed by atoms with Crippen LogP contribution in [0.3, 0.4) is 0 Å². The number of para-hydroxylation sites is 1. The van der Waals surface area contributed by atoms with Crippen LogP contribution in [0.2, 0.25) is 0 Å². The molecule has 118 valence electrons. The van der Waals surface area contributed by atoms with Gasteiger partial charge in [-0.3, -0.25) is 0 Å². The molecule has 5 nitrogen and oxygen atoms in total. The van der Waals surface area contributed by atoms with Gasteiger partial charge in [-0.25, -0.2) is 9.79 Å². The second-order valence-corrected chi connectivity index (χ2v) is 5.57. The molecule has 2 aromatic rings. The molecular formula is C17H15NO4S. The maximum atomic E-state index is 12.0. The Morgan fingerprint density at radius 1 is 1.30 bits per heavy atom. The van der Waals surface area contributed by atoms with E-state index in [1.54, 1.807) is 19.3 Å². The molecule has 2 heterocycles. The summed E-state index contributed by atoms with van der Waals surface area (Å²) in [6.45, 7) is 2.38. The third-order valence-electron chi connectivity index (χ3n) is 3.16. The number of nitrogens with zero attached hydrogens (tertiary/aromatic N) is 1. The molecule has 0 saturated heterocycles. The Bertz CT molecular complexity index is 778. The van der Waals surface area contributed by atoms with Crippen LogP contribution < -0.4 is 9.47 Å². The molecule has 1 aliphatic rings. The van der Waals surface area contributed by atoms with Crippen LogP contribution in [0.25, 0.3) is 6.08 Å². The van der Waals surface area contributed by atoms with Crippen LogP contribution in [0.4, 0.5) is 0 Å². The van der Waals surface area contributed by atoms with Crippen LogP contribution in [-0.2, 0) is 9.53 Å². The van der Waals surface area contributed by atoms with Crippen molar-refractivity contribution >= 4 is 29.3 Å². The largest absolute Gasteiger partial charge is 0.493 e. The van der Waals surface area contributed by atoms with Gasteiger partial charge in [-0.1, -0.05) is 18.2 Å². The fraction of sp³-hybridized carbons (Fsp3) is 0.176. The molecule has 0 aliphatic carbocycles. The van der Waals surface area contributed by atoms with Crippen LogP contribution in [0.15, 0.2) is 46.4 Å². The molecule has 6 heteroatoms. The minimum atomic E-state index is -0.473. The first-order chi connectivity index (χ1) is 11.2. The van der Waals surface area contributed by atoms with Crippen LogP contribution in [-0.4, -0.2) is 25.6 Å². The number of esters is 1. The molecule has 0 radical (unpaired) electrons. The minimum Gasteiger partial charge on any atom is -0.493 e. The van der Waals surface area contributed by atoms with E-state index < -0.39 is 5.97 Å². The summed E-state index contributed by atoms with van der Waals surface area (Å²) in [5.41, 5.74) is 0.955. The van der Waals surface area contributed by atoms with E-state index in [4.69, 9.17) is 14.2 Å². The van der Waals surface area contributed by atoms with E-state index in [1.165, 1.54) is 11.3 Å². The first-order valence-corrected chi connectivity index (χ1v) is 7.97. The van der Waals surface area contributed by atoms with Gasteiger partial charge in [-0.05, 0) is 30.5 Å². The highest BCUT2D eigenvalue weighted by Gasteiger charge is 2.25. The smallest absolute Gasteiger partial charge is 0.363 e. The lowest BCUT2D eigenvalue weighted by Gasteiger charge is -2.11. The minimum absolute atomic E-state index is 0.239. The molecule has 0 bridgehead atoms. The SMILES string of the molecule is CCOc1c(/C=C2/N=C(c3cccs3)OC2=O)cccc1OC. The number of ether oxygens (including phenoxy) is 3. The maximum Gasteiger partial charge on any atom is 0.363 e. The average molecular weight is 329 g/mol. The number of hydrogen-bond acceptors (Lipinski definition) is 6. The number of carbonyl (C=O) groups is 1. The second kappa shape index (κ2) is 6.66. The summed E-state index contributed by atoms with van der Waals surface area (Å²) < 4.78 is 16.2. The zero-order valence-corrected chi connectivity index (χ0v) is 13.6. The number of thiophene rings is 1. The van der Waals surface area contributed by atoms with Gasteiger partial charge in [-0.2, -0.15) is 0 Å². The summed E-state index contributed by atoms with van der Waals surface area (Å²) in [6, 6.07) is 9.22. The number of rotatable bonds is 5. The lowest BCUT2D eigenvalue weighted by Crippen LogP contribution is -2.03. The van der Waals surface area contributed by atoms with Crippen LogP contribution in [0.5, 0.6) is 11.5 Å². The Balaban J connectivity index is 2.00. The molecule has 1 aromatic carbocycles. The van der Waals surface area contributed by atoms with Gasteiger partial charge in [0, 0.05) is 5.56 Å². The molecule has 0 unspecified atom stereocenters. The third kappa shape index (κ3) is 3.12. The first kappa shape index (κ1) is 15.3. The van der Waals surface area contributed by atoms with Gasteiger partial charge in [0.1, 0.15) is 0 Å². The Morgan fingerprint density at radius 3 is 2.87 bits per heavy atom. The van der Waals surface area contributed by atoms with E-state index >= 15 is 0 Å². The van der Waals surface area contributed by atoms with Gasteiger partial charge in [0.15, 0.2) is 17.2 Å². The normalized spacial score (nSPS) is 15.5. The van der Waals surface area contributed by atoms with Crippen molar-refractivity contribution in [2.45, 2.75) is 6.92 Å². The van der Waals surface area contributed by atoms with Gasteiger partial charge in [0.05, 0.1) is 18.6 Å². The van der Waals surface area contributed by atoms with Crippen LogP contribution in [0.1, 0.15) is 17.4 Å². The predicted molar refractivity (Wildman–Crippen MR) is 89.1 cm³/mol. The molecule has 0 atom stereocenters. The molecule has 0 N–H and O–H groups in total. The third-order valence-corrected chi connectivity index (χ3v) is 4.02. The Hall–Kier alpha value is -2.60. The van der Waals surface area contributed by atoms with Crippen LogP contribution >= 0.6 is 11.3 Å². The zero-order valence-electron chi connectivity index (χ0n) is 12.7. The number of cyclic esters (lactones) is 1. The van der Waals surface area contributed by atoms with Crippen molar-refractivity contribution < 1.29 is 19.0 Å². The standard InChI is InChI=1S/C17H15NO4S/c1-3-21-15-11(6-4-7-13(15)20-2)10-12-17(19)22-16(18-12)14-8-5-9-23-14/h4-10H,3H2,1-2H3/b12-10+. The van der Waals surface area contributed by atoms with Crippen LogP contribution in [0, 0.1) is 0 Å². The lowest BCUT2D eigenvalue weighted by atomic mass is 10.1. The quantitative estimate of drug-likeness (QED) is 0.622. The number of aliphatic imine (C=N–C) groups is 1. The van der Waals surface area contributed by atoms with Crippen molar-refractivity contribution in [3.63, 3.8) is 0 Å². The molecule has 1 aromatic heterocycles. The number of carbonyl (C=O) groups excluding carboxylic acids is 1. The predicted octanol–water partition coefficient (Wildman–Crippen LogP) is 3.50. The van der Waals surface area contributed by atoms with Crippen molar-refractivity contribution in [2.24, 2.45) is 4.99 Å². The molecule has 0 amide bonds. The molecule has 23 heavy (non-hydrogen) atoms. The Kier molecular flexibility index (Phi) is 4.43. The molecule has 0 saturated carbocycles. The highest BCUT2D eigenvalue weighted by atomic mass is 32.1. The fourth-order valence-corrected chi connectivity index (χ4v) is 2.82.